The monoisotopic (exact) mass is 269 g/mol. The van der Waals surface area contributed by atoms with Gasteiger partial charge in [-0.05, 0) is 51.5 Å². The lowest BCUT2D eigenvalue weighted by atomic mass is 9.93. The van der Waals surface area contributed by atoms with Crippen molar-refractivity contribution in [1.29, 1.82) is 0 Å². The zero-order chi connectivity index (χ0) is 14.5. The molecule has 1 rings (SSSR count). The smallest absolute Gasteiger partial charge is 0.323 e. The minimum atomic E-state index is -0.350. The summed E-state index contributed by atoms with van der Waals surface area (Å²) in [5, 5.41) is 3.31. The Balaban J connectivity index is 2.42. The van der Waals surface area contributed by atoms with E-state index in [1.807, 2.05) is 13.8 Å². The molecule has 1 heterocycles. The van der Waals surface area contributed by atoms with Gasteiger partial charge >= 0.3 is 5.97 Å². The molecule has 0 saturated carbocycles. The quantitative estimate of drug-likeness (QED) is 0.719. The van der Waals surface area contributed by atoms with Gasteiger partial charge in [0.2, 0.25) is 0 Å². The Labute approximate surface area is 118 Å². The van der Waals surface area contributed by atoms with Crippen molar-refractivity contribution < 1.29 is 9.53 Å². The summed E-state index contributed by atoms with van der Waals surface area (Å²) in [5.74, 6) is 1.17. The maximum absolute atomic E-state index is 12.2. The van der Waals surface area contributed by atoms with Crippen LogP contribution in [0.15, 0.2) is 0 Å². The normalized spacial score (nSPS) is 25.3. The van der Waals surface area contributed by atoms with Gasteiger partial charge in [0.25, 0.3) is 0 Å². The molecular weight excluding hydrogens is 238 g/mol. The molecule has 1 saturated heterocycles. The fraction of sp³-hybridized carbons (Fsp3) is 0.938. The first-order valence-electron chi connectivity index (χ1n) is 7.84. The summed E-state index contributed by atoms with van der Waals surface area (Å²) in [6.07, 6.45) is 5.38. The fourth-order valence-corrected chi connectivity index (χ4v) is 2.99. The highest BCUT2D eigenvalue weighted by atomic mass is 16.6. The average molecular weight is 269 g/mol. The van der Waals surface area contributed by atoms with Crippen molar-refractivity contribution in [1.82, 2.24) is 5.32 Å². The second-order valence-electron chi connectivity index (χ2n) is 6.75. The summed E-state index contributed by atoms with van der Waals surface area (Å²) in [4.78, 5) is 12.2. The number of ether oxygens (including phenoxy) is 1. The van der Waals surface area contributed by atoms with E-state index in [9.17, 15) is 4.79 Å². The molecule has 0 radical (unpaired) electrons. The molecule has 19 heavy (non-hydrogen) atoms. The molecule has 2 unspecified atom stereocenters. The van der Waals surface area contributed by atoms with Gasteiger partial charge in [-0.2, -0.15) is 0 Å². The number of esters is 1. The summed E-state index contributed by atoms with van der Waals surface area (Å²) < 4.78 is 5.72. The zero-order valence-corrected chi connectivity index (χ0v) is 13.3. The zero-order valence-electron chi connectivity index (χ0n) is 13.3. The Bertz CT molecular complexity index is 288. The van der Waals surface area contributed by atoms with Gasteiger partial charge in [-0.1, -0.05) is 33.6 Å². The molecule has 0 aromatic heterocycles. The Hall–Kier alpha value is -0.570. The largest absolute Gasteiger partial charge is 0.458 e. The van der Waals surface area contributed by atoms with Crippen LogP contribution < -0.4 is 5.32 Å². The maximum Gasteiger partial charge on any atom is 0.323 e. The van der Waals surface area contributed by atoms with Crippen molar-refractivity contribution in [2.45, 2.75) is 78.4 Å². The molecule has 1 aliphatic rings. The lowest BCUT2D eigenvalue weighted by molar-refractivity contribution is -0.160. The highest BCUT2D eigenvalue weighted by Crippen LogP contribution is 2.25. The molecule has 0 aliphatic carbocycles. The number of hydrogen-bond donors (Lipinski definition) is 1. The van der Waals surface area contributed by atoms with Crippen LogP contribution in [0.4, 0.5) is 0 Å². The summed E-state index contributed by atoms with van der Waals surface area (Å²) >= 11 is 0. The van der Waals surface area contributed by atoms with Gasteiger partial charge < -0.3 is 10.1 Å². The molecule has 0 bridgehead atoms. The molecule has 3 atom stereocenters. The van der Waals surface area contributed by atoms with Crippen LogP contribution in [-0.2, 0) is 9.53 Å². The van der Waals surface area contributed by atoms with Gasteiger partial charge in [-0.15, -0.1) is 0 Å². The van der Waals surface area contributed by atoms with E-state index in [-0.39, 0.29) is 17.6 Å². The maximum atomic E-state index is 12.2. The second-order valence-corrected chi connectivity index (χ2v) is 6.75. The summed E-state index contributed by atoms with van der Waals surface area (Å²) in [5.41, 5.74) is -0.350. The number of hydrogen-bond acceptors (Lipinski definition) is 3. The van der Waals surface area contributed by atoms with Crippen LogP contribution in [0.3, 0.4) is 0 Å². The first kappa shape index (κ1) is 16.5. The topological polar surface area (TPSA) is 38.3 Å². The fourth-order valence-electron chi connectivity index (χ4n) is 2.99. The van der Waals surface area contributed by atoms with Crippen LogP contribution in [-0.4, -0.2) is 24.2 Å². The SMILES string of the molecule is CCCC1CN[C@H](C(=O)OC(C)(C)CC(C)CC)C1. The van der Waals surface area contributed by atoms with E-state index in [4.69, 9.17) is 4.74 Å². The Morgan fingerprint density at radius 3 is 2.68 bits per heavy atom. The first-order valence-corrected chi connectivity index (χ1v) is 7.84. The summed E-state index contributed by atoms with van der Waals surface area (Å²) in [6.45, 7) is 11.6. The van der Waals surface area contributed by atoms with Crippen LogP contribution >= 0.6 is 0 Å². The van der Waals surface area contributed by atoms with E-state index >= 15 is 0 Å². The molecule has 3 heteroatoms. The molecular formula is C16H31NO2. The van der Waals surface area contributed by atoms with Crippen LogP contribution in [0.1, 0.15) is 66.7 Å². The number of rotatable bonds is 7. The molecule has 1 N–H and O–H groups in total. The minimum absolute atomic E-state index is 0.0630. The molecule has 112 valence electrons. The molecule has 3 nitrogen and oxygen atoms in total. The van der Waals surface area contributed by atoms with Crippen LogP contribution in [0.25, 0.3) is 0 Å². The number of nitrogens with one attached hydrogen (secondary N) is 1. The summed E-state index contributed by atoms with van der Waals surface area (Å²) in [6, 6.07) is -0.0900. The standard InChI is InChI=1S/C16H31NO2/c1-6-8-13-9-14(17-11-13)15(18)19-16(4,5)10-12(3)7-2/h12-14,17H,6-11H2,1-5H3/t12?,13?,14-/m0/s1. The third kappa shape index (κ3) is 5.52. The van der Waals surface area contributed by atoms with Crippen LogP contribution in [0, 0.1) is 11.8 Å². The van der Waals surface area contributed by atoms with Gasteiger partial charge in [-0.25, -0.2) is 0 Å². The third-order valence-corrected chi connectivity index (χ3v) is 4.12. The number of carbonyl (C=O) groups is 1. The summed E-state index contributed by atoms with van der Waals surface area (Å²) in [7, 11) is 0. The van der Waals surface area contributed by atoms with E-state index in [0.717, 1.165) is 25.8 Å². The van der Waals surface area contributed by atoms with Crippen molar-refractivity contribution in [3.05, 3.63) is 0 Å². The lowest BCUT2D eigenvalue weighted by Gasteiger charge is -2.29. The predicted molar refractivity (Wildman–Crippen MR) is 79.0 cm³/mol. The van der Waals surface area contributed by atoms with Crippen molar-refractivity contribution in [3.8, 4) is 0 Å². The lowest BCUT2D eigenvalue weighted by Crippen LogP contribution is -2.39. The molecule has 1 aliphatic heterocycles. The van der Waals surface area contributed by atoms with E-state index in [0.29, 0.717) is 11.8 Å². The predicted octanol–water partition coefficient (Wildman–Crippen LogP) is 3.52. The van der Waals surface area contributed by atoms with Gasteiger partial charge in [0.15, 0.2) is 0 Å². The van der Waals surface area contributed by atoms with Crippen molar-refractivity contribution in [3.63, 3.8) is 0 Å². The Kier molecular flexibility index (Phi) is 6.31. The van der Waals surface area contributed by atoms with Gasteiger partial charge in [-0.3, -0.25) is 4.79 Å². The number of carbonyl (C=O) groups excluding carboxylic acids is 1. The Morgan fingerprint density at radius 2 is 2.11 bits per heavy atom. The van der Waals surface area contributed by atoms with Crippen LogP contribution in [0.5, 0.6) is 0 Å². The van der Waals surface area contributed by atoms with E-state index < -0.39 is 0 Å². The van der Waals surface area contributed by atoms with E-state index in [1.54, 1.807) is 0 Å². The molecule has 0 spiro atoms. The van der Waals surface area contributed by atoms with Crippen LogP contribution in [0.2, 0.25) is 0 Å². The van der Waals surface area contributed by atoms with E-state index in [1.165, 1.54) is 12.8 Å². The molecule has 0 aromatic rings. The van der Waals surface area contributed by atoms with Gasteiger partial charge in [0.1, 0.15) is 11.6 Å². The molecule has 0 aromatic carbocycles. The van der Waals surface area contributed by atoms with E-state index in [2.05, 4.69) is 26.1 Å². The van der Waals surface area contributed by atoms with Crippen molar-refractivity contribution in [2.24, 2.45) is 11.8 Å². The van der Waals surface area contributed by atoms with Crippen molar-refractivity contribution >= 4 is 5.97 Å². The van der Waals surface area contributed by atoms with Gasteiger partial charge in [0, 0.05) is 0 Å². The Morgan fingerprint density at radius 1 is 1.42 bits per heavy atom. The first-order chi connectivity index (χ1) is 8.88. The van der Waals surface area contributed by atoms with Gasteiger partial charge in [0.05, 0.1) is 0 Å². The third-order valence-electron chi connectivity index (χ3n) is 4.12. The second kappa shape index (κ2) is 7.28. The molecule has 0 amide bonds. The van der Waals surface area contributed by atoms with Crippen molar-refractivity contribution in [2.75, 3.05) is 6.54 Å². The minimum Gasteiger partial charge on any atom is -0.458 e. The highest BCUT2D eigenvalue weighted by Gasteiger charge is 2.33. The average Bonchev–Trinajstić information content (AvgIpc) is 2.76. The molecule has 1 fully saturated rings. The highest BCUT2D eigenvalue weighted by molar-refractivity contribution is 5.76.